The molecule has 0 aromatic heterocycles. The molecule has 0 bridgehead atoms. The Hall–Kier alpha value is -2.65. The molecule has 2 aliphatic rings. The van der Waals surface area contributed by atoms with Crippen LogP contribution in [0.4, 0.5) is 17.6 Å². The number of amides is 1. The van der Waals surface area contributed by atoms with Crippen LogP contribution in [0.3, 0.4) is 0 Å². The molecule has 43 heavy (non-hydrogen) atoms. The van der Waals surface area contributed by atoms with Gasteiger partial charge in [0.15, 0.2) is 0 Å². The van der Waals surface area contributed by atoms with Gasteiger partial charge in [-0.05, 0) is 74.0 Å². The molecule has 2 fully saturated rings. The van der Waals surface area contributed by atoms with E-state index < -0.39 is 50.0 Å². The highest BCUT2D eigenvalue weighted by Gasteiger charge is 2.46. The Morgan fingerprint density at radius 2 is 1.77 bits per heavy atom. The van der Waals surface area contributed by atoms with E-state index in [1.54, 1.807) is 25.3 Å². The maximum atomic E-state index is 15.8. The van der Waals surface area contributed by atoms with Crippen molar-refractivity contribution in [3.8, 4) is 5.75 Å². The summed E-state index contributed by atoms with van der Waals surface area (Å²) in [7, 11) is -3.30. The zero-order valence-electron chi connectivity index (χ0n) is 23.0. The van der Waals surface area contributed by atoms with Crippen molar-refractivity contribution in [1.29, 1.82) is 0 Å². The molecule has 1 saturated carbocycles. The topological polar surface area (TPSA) is 102 Å². The number of carbonyl (C=O) groups excluding carboxylic acids is 2. The smallest absolute Gasteiger partial charge is 0.489 e. The highest BCUT2D eigenvalue weighted by atomic mass is 35.5. The second-order valence-corrected chi connectivity index (χ2v) is 13.0. The second-order valence-electron chi connectivity index (χ2n) is 10.3. The summed E-state index contributed by atoms with van der Waals surface area (Å²) in [5.74, 6) is -6.15. The predicted octanol–water partition coefficient (Wildman–Crippen LogP) is 5.66. The summed E-state index contributed by atoms with van der Waals surface area (Å²) < 4.78 is 89.0. The van der Waals surface area contributed by atoms with Crippen LogP contribution in [-0.2, 0) is 24.4 Å². The van der Waals surface area contributed by atoms with Crippen molar-refractivity contribution >= 4 is 45.1 Å². The quantitative estimate of drug-likeness (QED) is 0.249. The van der Waals surface area contributed by atoms with Crippen LogP contribution in [0.15, 0.2) is 30.3 Å². The van der Waals surface area contributed by atoms with Crippen LogP contribution < -0.4 is 4.74 Å². The summed E-state index contributed by atoms with van der Waals surface area (Å²) in [5, 5.41) is 0.936. The minimum absolute atomic E-state index is 0.00589. The van der Waals surface area contributed by atoms with Crippen molar-refractivity contribution < 1.29 is 49.9 Å². The molecular formula is C27H28Cl2F4N2O7S. The number of benzene rings is 2. The Morgan fingerprint density at radius 3 is 2.33 bits per heavy atom. The van der Waals surface area contributed by atoms with Gasteiger partial charge in [-0.25, -0.2) is 17.6 Å². The van der Waals surface area contributed by atoms with E-state index in [9.17, 15) is 31.2 Å². The number of hydrogen-bond acceptors (Lipinski definition) is 8. The maximum Gasteiger partial charge on any atom is 0.493 e. The molecule has 1 aliphatic carbocycles. The zero-order chi connectivity index (χ0) is 31.7. The van der Waals surface area contributed by atoms with Gasteiger partial charge in [-0.3, -0.25) is 9.69 Å². The van der Waals surface area contributed by atoms with Crippen molar-refractivity contribution in [2.24, 2.45) is 0 Å². The van der Waals surface area contributed by atoms with Crippen molar-refractivity contribution in [3.05, 3.63) is 62.9 Å². The van der Waals surface area contributed by atoms with Gasteiger partial charge in [-0.1, -0.05) is 27.7 Å². The number of nitrogens with zero attached hydrogens (tertiary/aromatic N) is 2. The van der Waals surface area contributed by atoms with Crippen molar-refractivity contribution in [1.82, 2.24) is 9.37 Å². The Labute approximate surface area is 255 Å². The van der Waals surface area contributed by atoms with Crippen molar-refractivity contribution in [2.75, 3.05) is 33.1 Å². The molecule has 2 atom stereocenters. The molecule has 236 valence electrons. The van der Waals surface area contributed by atoms with Crippen molar-refractivity contribution in [2.45, 2.75) is 49.9 Å². The van der Waals surface area contributed by atoms with Gasteiger partial charge >= 0.3 is 18.1 Å². The normalized spacial score (nSPS) is 18.7. The van der Waals surface area contributed by atoms with Crippen LogP contribution in [0.5, 0.6) is 5.75 Å². The number of alkyl halides is 3. The molecule has 1 saturated heterocycles. The molecule has 1 amide bonds. The molecule has 0 N–H and O–H groups in total. The van der Waals surface area contributed by atoms with Crippen LogP contribution in [0.25, 0.3) is 0 Å². The zero-order valence-corrected chi connectivity index (χ0v) is 25.3. The van der Waals surface area contributed by atoms with Crippen LogP contribution in [-0.4, -0.2) is 75.0 Å². The fraction of sp³-hybridized carbons (Fsp3) is 0.481. The average Bonchev–Trinajstić information content (AvgIpc) is 3.73. The monoisotopic (exact) mass is 670 g/mol. The molecule has 2 aromatic carbocycles. The van der Waals surface area contributed by atoms with Crippen LogP contribution >= 0.6 is 23.2 Å². The molecule has 1 aliphatic heterocycles. The van der Waals surface area contributed by atoms with E-state index in [1.165, 1.54) is 6.07 Å². The van der Waals surface area contributed by atoms with Gasteiger partial charge < -0.3 is 14.3 Å². The van der Waals surface area contributed by atoms with Crippen LogP contribution in [0.2, 0.25) is 10.0 Å². The average molecular weight is 671 g/mol. The first-order chi connectivity index (χ1) is 20.1. The first kappa shape index (κ1) is 33.2. The summed E-state index contributed by atoms with van der Waals surface area (Å²) in [5.41, 5.74) is -0.0548. The minimum Gasteiger partial charge on any atom is -0.489 e. The molecule has 0 spiro atoms. The van der Waals surface area contributed by atoms with Gasteiger partial charge in [0.2, 0.25) is 0 Å². The lowest BCUT2D eigenvalue weighted by molar-refractivity contribution is -0.216. The second kappa shape index (κ2) is 13.1. The number of methoxy groups -OCH3 is 1. The summed E-state index contributed by atoms with van der Waals surface area (Å²) in [6, 6.07) is 7.15. The first-order valence-corrected chi connectivity index (χ1v) is 15.7. The van der Waals surface area contributed by atoms with Crippen LogP contribution in [0, 0.1) is 5.82 Å². The Balaban J connectivity index is 1.59. The van der Waals surface area contributed by atoms with E-state index in [-0.39, 0.29) is 23.3 Å². The minimum atomic E-state index is -5.60. The van der Waals surface area contributed by atoms with E-state index in [0.717, 1.165) is 18.1 Å². The number of halogens is 6. The maximum absolute atomic E-state index is 15.8. The van der Waals surface area contributed by atoms with E-state index in [1.807, 2.05) is 0 Å². The number of likely N-dealkylation sites (tertiary alicyclic amines) is 1. The summed E-state index contributed by atoms with van der Waals surface area (Å²) in [4.78, 5) is 30.2. The largest absolute Gasteiger partial charge is 0.493 e. The third-order valence-corrected chi connectivity index (χ3v) is 8.24. The van der Waals surface area contributed by atoms with E-state index in [4.69, 9.17) is 32.7 Å². The molecule has 1 heterocycles. The lowest BCUT2D eigenvalue weighted by atomic mass is 10.00. The number of carbonyl (C=O) groups is 2. The third kappa shape index (κ3) is 8.09. The van der Waals surface area contributed by atoms with E-state index in [2.05, 4.69) is 9.74 Å². The predicted molar refractivity (Wildman–Crippen MR) is 148 cm³/mol. The lowest BCUT2D eigenvalue weighted by Crippen LogP contribution is -2.44. The molecule has 9 nitrogen and oxygen atoms in total. The number of hydroxylamine groups is 1. The summed E-state index contributed by atoms with van der Waals surface area (Å²) in [6.45, 7) is 1.45. The van der Waals surface area contributed by atoms with E-state index in [0.29, 0.717) is 55.3 Å². The van der Waals surface area contributed by atoms with Gasteiger partial charge in [-0.15, -0.1) is 0 Å². The fourth-order valence-corrected chi connectivity index (χ4v) is 6.09. The Morgan fingerprint density at radius 1 is 1.12 bits per heavy atom. The Bertz CT molecular complexity index is 1470. The van der Waals surface area contributed by atoms with Crippen LogP contribution in [0.1, 0.15) is 59.1 Å². The SMILES string of the molecule is COC[C@H](c1cc(Cl)cc(Cl)c1)N1CCC[C@@H](Oc2ccc(C(=O)N(OC(=O)C(F)(F)F)S(C)(=O)=O)c(F)c2C2CC2)C1. The highest BCUT2D eigenvalue weighted by Crippen LogP contribution is 2.47. The summed E-state index contributed by atoms with van der Waals surface area (Å²) in [6.07, 6.45) is -3.24. The lowest BCUT2D eigenvalue weighted by Gasteiger charge is -2.38. The number of rotatable bonds is 9. The number of ether oxygens (including phenoxy) is 2. The third-order valence-electron chi connectivity index (χ3n) is 6.96. The standard InChI is InChI=1S/C27H28Cl2F4N2O7S/c1-40-14-21(16-10-17(28)12-18(29)11-16)34-9-3-4-19(13-34)41-22-8-7-20(24(30)23(22)15-5-6-15)25(36)35(43(2,38)39)42-26(37)27(31,32)33/h7-8,10-12,15,19,21H,3-6,9,13-14H2,1-2H3/t19-,21-/m1/s1. The number of piperidine rings is 1. The molecule has 0 radical (unpaired) electrons. The Kier molecular flexibility index (Phi) is 10.2. The molecular weight excluding hydrogens is 643 g/mol. The number of hydrogen-bond donors (Lipinski definition) is 0. The van der Waals surface area contributed by atoms with Crippen molar-refractivity contribution in [3.63, 3.8) is 0 Å². The fourth-order valence-electron chi connectivity index (χ4n) is 4.94. The van der Waals surface area contributed by atoms with Gasteiger partial charge in [0.05, 0.1) is 24.5 Å². The highest BCUT2D eigenvalue weighted by molar-refractivity contribution is 7.88. The first-order valence-electron chi connectivity index (χ1n) is 13.1. The molecule has 2 aromatic rings. The van der Waals surface area contributed by atoms with E-state index >= 15 is 4.39 Å². The van der Waals surface area contributed by atoms with Gasteiger partial charge in [-0.2, -0.15) is 13.2 Å². The summed E-state index contributed by atoms with van der Waals surface area (Å²) >= 11 is 12.4. The molecule has 0 unspecified atom stereocenters. The number of sulfonamides is 1. The molecule has 16 heteroatoms. The van der Waals surface area contributed by atoms with Gasteiger partial charge in [0.1, 0.15) is 17.7 Å². The van der Waals surface area contributed by atoms with Gasteiger partial charge in [0.25, 0.3) is 10.0 Å². The van der Waals surface area contributed by atoms with Gasteiger partial charge in [0, 0.05) is 29.3 Å². The molecule has 4 rings (SSSR count).